The third-order valence-corrected chi connectivity index (χ3v) is 8.97. The van der Waals surface area contributed by atoms with Crippen LogP contribution in [0.15, 0.2) is 84.9 Å². The Hall–Kier alpha value is -3.14. The van der Waals surface area contributed by atoms with Crippen molar-refractivity contribution in [3.05, 3.63) is 84.9 Å². The van der Waals surface area contributed by atoms with Crippen LogP contribution >= 0.6 is 15.5 Å². The van der Waals surface area contributed by atoms with Gasteiger partial charge in [-0.05, 0) is 36.4 Å². The molecule has 0 amide bonds. The maximum Gasteiger partial charge on any atom is 0.303 e. The summed E-state index contributed by atoms with van der Waals surface area (Å²) in [5.41, 5.74) is 0. The second kappa shape index (κ2) is 11.6. The highest BCUT2D eigenvalue weighted by atomic mass is 31.2. The van der Waals surface area contributed by atoms with Gasteiger partial charge in [-0.1, -0.05) is 48.5 Å². The number of rotatable bonds is 12. The van der Waals surface area contributed by atoms with Gasteiger partial charge in [0.25, 0.3) is 7.37 Å². The summed E-state index contributed by atoms with van der Waals surface area (Å²) in [4.78, 5) is 22.1. The van der Waals surface area contributed by atoms with Crippen molar-refractivity contribution in [2.45, 2.75) is 12.8 Å². The average molecular weight is 486 g/mol. The van der Waals surface area contributed by atoms with Crippen molar-refractivity contribution in [3.8, 4) is 11.5 Å². The van der Waals surface area contributed by atoms with E-state index in [1.54, 1.807) is 54.6 Å². The Morgan fingerprint density at radius 2 is 1.30 bits per heavy atom. The van der Waals surface area contributed by atoms with Gasteiger partial charge in [0.2, 0.25) is 0 Å². The highest BCUT2D eigenvalue weighted by Crippen LogP contribution is 2.47. The molecule has 3 aromatic rings. The Morgan fingerprint density at radius 1 is 0.758 bits per heavy atom. The zero-order valence-electron chi connectivity index (χ0n) is 17.7. The standard InChI is InChI=1S/C24H24O7P2/c25-23(26)15-17-32(21-7-3-1-4-8-21)30-19-11-13-20(14-12-19)31-33(29,18-16-24(27)28)22-9-5-2-6-10-22/h1-14H,15-18H2,(H,25,26)(H,27,28). The summed E-state index contributed by atoms with van der Waals surface area (Å²) in [6, 6.07) is 24.6. The number of hydrogen-bond donors (Lipinski definition) is 2. The van der Waals surface area contributed by atoms with Crippen LogP contribution < -0.4 is 19.7 Å². The van der Waals surface area contributed by atoms with E-state index in [1.807, 2.05) is 30.3 Å². The van der Waals surface area contributed by atoms with Gasteiger partial charge in [-0.2, -0.15) is 0 Å². The number of hydrogen-bond acceptors (Lipinski definition) is 5. The molecule has 2 atom stereocenters. The van der Waals surface area contributed by atoms with Crippen molar-refractivity contribution in [1.29, 1.82) is 0 Å². The number of benzene rings is 3. The third kappa shape index (κ3) is 7.45. The first-order valence-electron chi connectivity index (χ1n) is 10.2. The van der Waals surface area contributed by atoms with Crippen molar-refractivity contribution >= 4 is 38.1 Å². The highest BCUT2D eigenvalue weighted by molar-refractivity contribution is 7.67. The van der Waals surface area contributed by atoms with Gasteiger partial charge < -0.3 is 19.3 Å². The van der Waals surface area contributed by atoms with E-state index in [4.69, 9.17) is 19.3 Å². The number of carboxylic acids is 2. The Kier molecular flexibility index (Phi) is 8.65. The molecule has 0 fully saturated rings. The number of aliphatic carboxylic acids is 2. The molecule has 3 rings (SSSR count). The molecule has 0 heterocycles. The van der Waals surface area contributed by atoms with Crippen molar-refractivity contribution in [2.24, 2.45) is 0 Å². The minimum absolute atomic E-state index is 0.00831. The zero-order valence-corrected chi connectivity index (χ0v) is 19.5. The van der Waals surface area contributed by atoms with Crippen LogP contribution in [0.25, 0.3) is 0 Å². The smallest absolute Gasteiger partial charge is 0.303 e. The van der Waals surface area contributed by atoms with Gasteiger partial charge in [-0.25, -0.2) is 0 Å². The molecule has 3 aromatic carbocycles. The van der Waals surface area contributed by atoms with Crippen LogP contribution in [0.1, 0.15) is 12.8 Å². The number of carboxylic acid groups (broad SMARTS) is 2. The van der Waals surface area contributed by atoms with E-state index < -0.39 is 27.5 Å². The predicted octanol–water partition coefficient (Wildman–Crippen LogP) is 4.72. The van der Waals surface area contributed by atoms with Crippen LogP contribution in [0.5, 0.6) is 11.5 Å². The van der Waals surface area contributed by atoms with Crippen LogP contribution in [0.3, 0.4) is 0 Å². The molecule has 0 radical (unpaired) electrons. The number of carbonyl (C=O) groups is 2. The minimum Gasteiger partial charge on any atom is -0.481 e. The van der Waals surface area contributed by atoms with Crippen molar-refractivity contribution < 1.29 is 33.4 Å². The van der Waals surface area contributed by atoms with E-state index in [0.717, 1.165) is 5.30 Å². The second-order valence-corrected chi connectivity index (χ2v) is 11.5. The minimum atomic E-state index is -3.44. The Labute approximate surface area is 193 Å². The van der Waals surface area contributed by atoms with Gasteiger partial charge in [0, 0.05) is 22.9 Å². The lowest BCUT2D eigenvalue weighted by Gasteiger charge is -2.21. The van der Waals surface area contributed by atoms with Gasteiger partial charge in [0.15, 0.2) is 0 Å². The lowest BCUT2D eigenvalue weighted by molar-refractivity contribution is -0.137. The van der Waals surface area contributed by atoms with E-state index in [-0.39, 0.29) is 19.0 Å². The van der Waals surface area contributed by atoms with Gasteiger partial charge in [-0.3, -0.25) is 14.2 Å². The van der Waals surface area contributed by atoms with Gasteiger partial charge in [0.05, 0.1) is 12.8 Å². The summed E-state index contributed by atoms with van der Waals surface area (Å²) >= 11 is 0. The van der Waals surface area contributed by atoms with E-state index in [2.05, 4.69) is 0 Å². The molecule has 33 heavy (non-hydrogen) atoms. The van der Waals surface area contributed by atoms with Crippen LogP contribution in [0.4, 0.5) is 0 Å². The molecule has 2 N–H and O–H groups in total. The topological polar surface area (TPSA) is 110 Å². The Morgan fingerprint density at radius 3 is 1.88 bits per heavy atom. The lowest BCUT2D eigenvalue weighted by Crippen LogP contribution is -2.14. The first-order chi connectivity index (χ1) is 15.9. The van der Waals surface area contributed by atoms with Crippen LogP contribution in [0.2, 0.25) is 0 Å². The molecule has 0 bridgehead atoms. The van der Waals surface area contributed by atoms with Crippen molar-refractivity contribution in [1.82, 2.24) is 0 Å². The highest BCUT2D eigenvalue weighted by Gasteiger charge is 2.28. The first-order valence-corrected chi connectivity index (χ1v) is 13.5. The molecule has 0 aliphatic heterocycles. The maximum absolute atomic E-state index is 13.5. The van der Waals surface area contributed by atoms with Crippen LogP contribution in [0, 0.1) is 0 Å². The molecule has 0 spiro atoms. The van der Waals surface area contributed by atoms with Gasteiger partial charge >= 0.3 is 11.9 Å². The summed E-state index contributed by atoms with van der Waals surface area (Å²) in [5.74, 6) is -1.07. The van der Waals surface area contributed by atoms with E-state index in [0.29, 0.717) is 23.0 Å². The predicted molar refractivity (Wildman–Crippen MR) is 129 cm³/mol. The Balaban J connectivity index is 1.76. The lowest BCUT2D eigenvalue weighted by atomic mass is 10.3. The summed E-state index contributed by atoms with van der Waals surface area (Å²) in [6.07, 6.45) is -0.0473. The fourth-order valence-electron chi connectivity index (χ4n) is 3.00. The third-order valence-electron chi connectivity index (χ3n) is 4.63. The SMILES string of the molecule is O=C(O)CCP(Oc1ccc(OP(=O)(CCC(=O)O)c2ccccc2)cc1)c1ccccc1. The van der Waals surface area contributed by atoms with Crippen molar-refractivity contribution in [2.75, 3.05) is 12.3 Å². The van der Waals surface area contributed by atoms with Crippen molar-refractivity contribution in [3.63, 3.8) is 0 Å². The molecular formula is C24H24O7P2. The second-order valence-electron chi connectivity index (χ2n) is 7.11. The fourth-order valence-corrected chi connectivity index (χ4v) is 6.76. The summed E-state index contributed by atoms with van der Waals surface area (Å²) in [6.45, 7) is 0. The molecule has 9 heteroatoms. The zero-order chi connectivity index (χ0) is 23.7. The summed E-state index contributed by atoms with van der Waals surface area (Å²) in [5, 5.41) is 19.5. The summed E-state index contributed by atoms with van der Waals surface area (Å²) < 4.78 is 25.4. The normalized spacial score (nSPS) is 13.5. The molecule has 172 valence electrons. The molecule has 0 aliphatic rings. The Bertz CT molecular complexity index is 1100. The first kappa shape index (κ1) is 24.5. The van der Waals surface area contributed by atoms with E-state index in [9.17, 15) is 14.2 Å². The summed E-state index contributed by atoms with van der Waals surface area (Å²) in [7, 11) is -4.63. The molecule has 0 aromatic heterocycles. The molecule has 2 unspecified atom stereocenters. The molecule has 0 saturated carbocycles. The van der Waals surface area contributed by atoms with Crippen LogP contribution in [-0.2, 0) is 14.2 Å². The van der Waals surface area contributed by atoms with Gasteiger partial charge in [0.1, 0.15) is 19.6 Å². The van der Waals surface area contributed by atoms with E-state index in [1.165, 1.54) is 0 Å². The molecule has 0 saturated heterocycles. The molecular weight excluding hydrogens is 462 g/mol. The van der Waals surface area contributed by atoms with E-state index >= 15 is 0 Å². The largest absolute Gasteiger partial charge is 0.481 e. The molecule has 7 nitrogen and oxygen atoms in total. The maximum atomic E-state index is 13.5. The monoisotopic (exact) mass is 486 g/mol. The fraction of sp³-hybridized carbons (Fsp3) is 0.167. The molecule has 0 aliphatic carbocycles. The quantitative estimate of drug-likeness (QED) is 0.357. The average Bonchev–Trinajstić information content (AvgIpc) is 2.82. The van der Waals surface area contributed by atoms with Gasteiger partial charge in [-0.15, -0.1) is 0 Å². The van der Waals surface area contributed by atoms with Crippen LogP contribution in [-0.4, -0.2) is 34.5 Å².